The molecule has 0 fully saturated rings. The Kier molecular flexibility index (Phi) is 2.96. The minimum Gasteiger partial charge on any atom is -0.458 e. The number of nitrogens with zero attached hydrogens (tertiary/aromatic N) is 7. The Morgan fingerprint density at radius 3 is 2.79 bits per heavy atom. The largest absolute Gasteiger partial charge is 0.458 e. The first-order valence-corrected chi connectivity index (χ1v) is 8.78. The van der Waals surface area contributed by atoms with Crippen molar-refractivity contribution in [3.8, 4) is 23.3 Å². The third kappa shape index (κ3) is 1.99. The van der Waals surface area contributed by atoms with Crippen molar-refractivity contribution in [2.24, 2.45) is 0 Å². The highest BCUT2D eigenvalue weighted by Gasteiger charge is 2.22. The number of hydrogen-bond donors (Lipinski definition) is 0. The normalized spacial score (nSPS) is 11.9. The van der Waals surface area contributed by atoms with Crippen molar-refractivity contribution in [1.29, 1.82) is 0 Å². The molecule has 9 nitrogen and oxygen atoms in total. The molecule has 5 heterocycles. The van der Waals surface area contributed by atoms with Crippen molar-refractivity contribution >= 4 is 33.8 Å². The van der Waals surface area contributed by atoms with Crippen LogP contribution in [0.3, 0.4) is 0 Å². The van der Waals surface area contributed by atoms with Crippen LogP contribution in [0.1, 0.15) is 5.76 Å². The lowest BCUT2D eigenvalue weighted by molar-refractivity contribution is 0.426. The highest BCUT2D eigenvalue weighted by molar-refractivity contribution is 6.29. The van der Waals surface area contributed by atoms with Crippen LogP contribution in [-0.2, 0) is 0 Å². The predicted octanol–water partition coefficient (Wildman–Crippen LogP) is 3.80. The van der Waals surface area contributed by atoms with E-state index in [9.17, 15) is 0 Å². The lowest BCUT2D eigenvalue weighted by Crippen LogP contribution is -1.99. The average Bonchev–Trinajstić information content (AvgIpc) is 3.47. The van der Waals surface area contributed by atoms with E-state index in [0.29, 0.717) is 34.0 Å². The van der Waals surface area contributed by atoms with Gasteiger partial charge in [-0.25, -0.2) is 4.98 Å². The Morgan fingerprint density at radius 2 is 1.93 bits per heavy atom. The first-order valence-electron chi connectivity index (χ1n) is 8.40. The van der Waals surface area contributed by atoms with Gasteiger partial charge in [-0.1, -0.05) is 17.3 Å². The molecule has 0 aliphatic heterocycles. The zero-order chi connectivity index (χ0) is 18.8. The van der Waals surface area contributed by atoms with Crippen molar-refractivity contribution in [3.05, 3.63) is 53.6 Å². The van der Waals surface area contributed by atoms with Gasteiger partial charge in [0.25, 0.3) is 5.89 Å². The Labute approximate surface area is 161 Å². The fourth-order valence-electron chi connectivity index (χ4n) is 3.34. The van der Waals surface area contributed by atoms with Crippen LogP contribution >= 0.6 is 11.6 Å². The number of halogens is 1. The van der Waals surface area contributed by atoms with E-state index in [2.05, 4.69) is 25.3 Å². The Morgan fingerprint density at radius 1 is 1.04 bits per heavy atom. The number of para-hydroxylation sites is 1. The summed E-state index contributed by atoms with van der Waals surface area (Å²) in [5, 5.41) is 13.8. The molecule has 0 spiro atoms. The maximum atomic E-state index is 6.34. The molecule has 28 heavy (non-hydrogen) atoms. The van der Waals surface area contributed by atoms with Gasteiger partial charge in [-0.15, -0.1) is 10.2 Å². The van der Waals surface area contributed by atoms with Gasteiger partial charge in [0.1, 0.15) is 11.4 Å². The van der Waals surface area contributed by atoms with Gasteiger partial charge in [0, 0.05) is 5.39 Å². The predicted molar refractivity (Wildman–Crippen MR) is 100.0 cm³/mol. The van der Waals surface area contributed by atoms with Gasteiger partial charge in [0.05, 0.1) is 11.7 Å². The van der Waals surface area contributed by atoms with Crippen molar-refractivity contribution in [2.45, 2.75) is 6.92 Å². The van der Waals surface area contributed by atoms with Gasteiger partial charge in [-0.2, -0.15) is 4.98 Å². The topological polar surface area (TPSA) is 99.5 Å². The standard InChI is InChI=1S/C18H10ClN7O2/c1-9-6-7-12(27-9)14-21-17(28-24-14)16-23-22-15-10-4-2-3-5-11(10)25-13(26(15)16)8-20-18(25)19/h2-8H,1H3. The Balaban J connectivity index is 1.66. The number of imidazole rings is 1. The number of aryl methyl sites for hydroxylation is 1. The molecule has 6 rings (SSSR count). The van der Waals surface area contributed by atoms with Gasteiger partial charge in [0.2, 0.25) is 16.9 Å². The second-order valence-corrected chi connectivity index (χ2v) is 6.59. The van der Waals surface area contributed by atoms with E-state index in [1.165, 1.54) is 0 Å². The van der Waals surface area contributed by atoms with E-state index in [1.807, 2.05) is 41.7 Å². The SMILES string of the molecule is Cc1ccc(-c2noc(-c3nnc4c5ccccc5n5c(Cl)ncc5n34)n2)o1. The Hall–Kier alpha value is -3.72. The van der Waals surface area contributed by atoms with Gasteiger partial charge in [-0.3, -0.25) is 8.80 Å². The van der Waals surface area contributed by atoms with Crippen LogP contribution in [0, 0.1) is 6.92 Å². The molecule has 0 amide bonds. The second-order valence-electron chi connectivity index (χ2n) is 6.25. The van der Waals surface area contributed by atoms with E-state index in [1.54, 1.807) is 16.7 Å². The second kappa shape index (κ2) is 5.40. The highest BCUT2D eigenvalue weighted by Crippen LogP contribution is 2.29. The number of aromatic nitrogens is 7. The van der Waals surface area contributed by atoms with Crippen LogP contribution in [0.2, 0.25) is 5.28 Å². The molecule has 0 bridgehead atoms. The molecule has 0 atom stereocenters. The quantitative estimate of drug-likeness (QED) is 0.442. The third-order valence-corrected chi connectivity index (χ3v) is 4.82. The van der Waals surface area contributed by atoms with Gasteiger partial charge < -0.3 is 8.94 Å². The third-order valence-electron chi connectivity index (χ3n) is 4.56. The molecule has 0 radical (unpaired) electrons. The molecule has 5 aromatic heterocycles. The van der Waals surface area contributed by atoms with Crippen molar-refractivity contribution < 1.29 is 8.94 Å². The molecular weight excluding hydrogens is 382 g/mol. The summed E-state index contributed by atoms with van der Waals surface area (Å²) in [6, 6.07) is 11.4. The monoisotopic (exact) mass is 391 g/mol. The lowest BCUT2D eigenvalue weighted by atomic mass is 10.2. The molecule has 0 aliphatic carbocycles. The van der Waals surface area contributed by atoms with E-state index in [0.717, 1.165) is 16.7 Å². The fourth-order valence-corrected chi connectivity index (χ4v) is 3.57. The summed E-state index contributed by atoms with van der Waals surface area (Å²) in [7, 11) is 0. The number of benzene rings is 1. The van der Waals surface area contributed by atoms with E-state index >= 15 is 0 Å². The summed E-state index contributed by atoms with van der Waals surface area (Å²) in [5.74, 6) is 2.22. The van der Waals surface area contributed by atoms with E-state index in [4.69, 9.17) is 20.5 Å². The number of rotatable bonds is 2. The average molecular weight is 392 g/mol. The van der Waals surface area contributed by atoms with Crippen molar-refractivity contribution in [1.82, 2.24) is 34.1 Å². The Bertz CT molecular complexity index is 1510. The number of fused-ring (bicyclic) bond motifs is 6. The van der Waals surface area contributed by atoms with Crippen LogP contribution < -0.4 is 0 Å². The first-order chi connectivity index (χ1) is 13.7. The molecule has 0 N–H and O–H groups in total. The summed E-state index contributed by atoms with van der Waals surface area (Å²) in [5.41, 5.74) is 2.21. The first kappa shape index (κ1) is 15.3. The van der Waals surface area contributed by atoms with Crippen LogP contribution in [0.15, 0.2) is 51.5 Å². The molecular formula is C18H10ClN7O2. The van der Waals surface area contributed by atoms with E-state index in [-0.39, 0.29) is 5.89 Å². The summed E-state index contributed by atoms with van der Waals surface area (Å²) < 4.78 is 14.6. The summed E-state index contributed by atoms with van der Waals surface area (Å²) in [4.78, 5) is 8.66. The maximum absolute atomic E-state index is 6.34. The van der Waals surface area contributed by atoms with Crippen LogP contribution in [0.4, 0.5) is 0 Å². The van der Waals surface area contributed by atoms with Crippen molar-refractivity contribution in [3.63, 3.8) is 0 Å². The van der Waals surface area contributed by atoms with Gasteiger partial charge >= 0.3 is 0 Å². The molecule has 0 saturated heterocycles. The molecule has 6 aromatic rings. The zero-order valence-corrected chi connectivity index (χ0v) is 15.1. The van der Waals surface area contributed by atoms with Crippen LogP contribution in [0.25, 0.3) is 45.5 Å². The molecule has 0 aliphatic rings. The highest BCUT2D eigenvalue weighted by atomic mass is 35.5. The number of hydrogen-bond acceptors (Lipinski definition) is 7. The van der Waals surface area contributed by atoms with Crippen LogP contribution in [-0.4, -0.2) is 34.1 Å². The zero-order valence-electron chi connectivity index (χ0n) is 14.4. The smallest absolute Gasteiger partial charge is 0.296 e. The van der Waals surface area contributed by atoms with Crippen LogP contribution in [0.5, 0.6) is 0 Å². The summed E-state index contributed by atoms with van der Waals surface area (Å²) in [6.45, 7) is 1.85. The molecule has 1 aromatic carbocycles. The molecule has 10 heteroatoms. The molecule has 0 unspecified atom stereocenters. The minimum atomic E-state index is 0.214. The fraction of sp³-hybridized carbons (Fsp3) is 0.0556. The maximum Gasteiger partial charge on any atom is 0.296 e. The summed E-state index contributed by atoms with van der Waals surface area (Å²) >= 11 is 6.34. The van der Waals surface area contributed by atoms with Gasteiger partial charge in [-0.05, 0) is 42.8 Å². The van der Waals surface area contributed by atoms with E-state index < -0.39 is 0 Å². The molecule has 0 saturated carbocycles. The van der Waals surface area contributed by atoms with Crippen molar-refractivity contribution in [2.75, 3.05) is 0 Å². The van der Waals surface area contributed by atoms with Gasteiger partial charge in [0.15, 0.2) is 11.4 Å². The lowest BCUT2D eigenvalue weighted by Gasteiger charge is -2.06. The molecule has 136 valence electrons. The minimum absolute atomic E-state index is 0.214. The number of furan rings is 1. The summed E-state index contributed by atoms with van der Waals surface area (Å²) in [6.07, 6.45) is 1.65.